The summed E-state index contributed by atoms with van der Waals surface area (Å²) in [6.45, 7) is 3.60. The van der Waals surface area contributed by atoms with Crippen molar-refractivity contribution in [1.29, 1.82) is 0 Å². The van der Waals surface area contributed by atoms with Crippen LogP contribution in [0.25, 0.3) is 5.65 Å². The average Bonchev–Trinajstić information content (AvgIpc) is 2.33. The maximum Gasteiger partial charge on any atom is 0.163 e. The van der Waals surface area contributed by atoms with E-state index in [4.69, 9.17) is 0 Å². The third kappa shape index (κ3) is 0.879. The van der Waals surface area contributed by atoms with Gasteiger partial charge in [-0.3, -0.25) is 4.40 Å². The molecule has 0 bridgehead atoms. The van der Waals surface area contributed by atoms with E-state index in [1.54, 1.807) is 11.3 Å². The Kier molecular flexibility index (Phi) is 1.36. The van der Waals surface area contributed by atoms with Gasteiger partial charge in [0.25, 0.3) is 0 Å². The molecule has 2 rings (SSSR count). The summed E-state index contributed by atoms with van der Waals surface area (Å²) in [5.74, 6) is 0.440. The number of rotatable bonds is 0. The fraction of sp³-hybridized carbons (Fsp3) is 0.250. The van der Waals surface area contributed by atoms with Gasteiger partial charge >= 0.3 is 0 Å². The SMILES string of the molecule is Cc1cc(F)cn2c(C)nnc12. The van der Waals surface area contributed by atoms with E-state index in [-0.39, 0.29) is 5.82 Å². The monoisotopic (exact) mass is 165 g/mol. The summed E-state index contributed by atoms with van der Waals surface area (Å²) >= 11 is 0. The van der Waals surface area contributed by atoms with E-state index in [0.717, 1.165) is 5.56 Å². The van der Waals surface area contributed by atoms with Crippen LogP contribution in [0.15, 0.2) is 12.3 Å². The summed E-state index contributed by atoms with van der Waals surface area (Å²) in [6, 6.07) is 1.45. The number of aryl methyl sites for hydroxylation is 2. The molecule has 2 aromatic rings. The molecule has 0 saturated carbocycles. The zero-order valence-corrected chi connectivity index (χ0v) is 6.87. The van der Waals surface area contributed by atoms with E-state index in [2.05, 4.69) is 10.2 Å². The van der Waals surface area contributed by atoms with Gasteiger partial charge in [-0.2, -0.15) is 0 Å². The second kappa shape index (κ2) is 2.27. The molecule has 0 radical (unpaired) electrons. The second-order valence-electron chi connectivity index (χ2n) is 2.78. The predicted octanol–water partition coefficient (Wildman–Crippen LogP) is 1.49. The van der Waals surface area contributed by atoms with Crippen molar-refractivity contribution in [1.82, 2.24) is 14.6 Å². The molecular weight excluding hydrogens is 157 g/mol. The van der Waals surface area contributed by atoms with E-state index >= 15 is 0 Å². The Morgan fingerprint density at radius 1 is 1.33 bits per heavy atom. The molecule has 0 aromatic carbocycles. The highest BCUT2D eigenvalue weighted by molar-refractivity contribution is 5.46. The molecule has 4 heteroatoms. The third-order valence-corrected chi connectivity index (χ3v) is 1.83. The standard InChI is InChI=1S/C8H8FN3/c1-5-3-7(9)4-12-6(2)10-11-8(5)12/h3-4H,1-2H3. The maximum absolute atomic E-state index is 12.9. The molecule has 62 valence electrons. The van der Waals surface area contributed by atoms with Crippen LogP contribution >= 0.6 is 0 Å². The zero-order chi connectivity index (χ0) is 8.72. The van der Waals surface area contributed by atoms with E-state index in [0.29, 0.717) is 11.5 Å². The van der Waals surface area contributed by atoms with E-state index in [9.17, 15) is 4.39 Å². The van der Waals surface area contributed by atoms with Crippen molar-refractivity contribution in [2.45, 2.75) is 13.8 Å². The first-order valence-corrected chi connectivity index (χ1v) is 3.66. The van der Waals surface area contributed by atoms with Crippen LogP contribution in [-0.2, 0) is 0 Å². The van der Waals surface area contributed by atoms with E-state index in [1.807, 2.05) is 6.92 Å². The Morgan fingerprint density at radius 2 is 2.08 bits per heavy atom. The largest absolute Gasteiger partial charge is 0.283 e. The van der Waals surface area contributed by atoms with Gasteiger partial charge < -0.3 is 0 Å². The molecule has 0 saturated heterocycles. The minimum atomic E-state index is -0.261. The highest BCUT2D eigenvalue weighted by Gasteiger charge is 2.04. The number of hydrogen-bond donors (Lipinski definition) is 0. The Bertz CT molecular complexity index is 433. The lowest BCUT2D eigenvalue weighted by Gasteiger charge is -1.97. The first-order chi connectivity index (χ1) is 5.68. The number of halogens is 1. The van der Waals surface area contributed by atoms with Crippen LogP contribution in [0.2, 0.25) is 0 Å². The molecule has 0 amide bonds. The smallest absolute Gasteiger partial charge is 0.163 e. The Hall–Kier alpha value is -1.45. The fourth-order valence-electron chi connectivity index (χ4n) is 1.22. The summed E-state index contributed by atoms with van der Waals surface area (Å²) in [5, 5.41) is 7.75. The van der Waals surface area contributed by atoms with Gasteiger partial charge in [0.05, 0.1) is 0 Å². The molecule has 0 N–H and O–H groups in total. The van der Waals surface area contributed by atoms with Crippen molar-refractivity contribution in [2.75, 3.05) is 0 Å². The molecule has 0 aliphatic rings. The minimum absolute atomic E-state index is 0.261. The number of aromatic nitrogens is 3. The Balaban J connectivity index is 2.92. The first-order valence-electron chi connectivity index (χ1n) is 3.66. The normalized spacial score (nSPS) is 10.9. The van der Waals surface area contributed by atoms with Gasteiger partial charge in [0.15, 0.2) is 5.65 Å². The van der Waals surface area contributed by atoms with E-state index in [1.165, 1.54) is 12.3 Å². The summed E-state index contributed by atoms with van der Waals surface area (Å²) in [5.41, 5.74) is 1.52. The molecule has 2 heterocycles. The molecule has 2 aromatic heterocycles. The van der Waals surface area contributed by atoms with Crippen LogP contribution < -0.4 is 0 Å². The predicted molar refractivity (Wildman–Crippen MR) is 42.4 cm³/mol. The van der Waals surface area contributed by atoms with Crippen LogP contribution in [0.1, 0.15) is 11.4 Å². The van der Waals surface area contributed by atoms with Crippen LogP contribution in [-0.4, -0.2) is 14.6 Å². The number of hydrogen-bond acceptors (Lipinski definition) is 2. The van der Waals surface area contributed by atoms with Crippen molar-refractivity contribution < 1.29 is 4.39 Å². The van der Waals surface area contributed by atoms with Gasteiger partial charge in [0.1, 0.15) is 11.6 Å². The summed E-state index contributed by atoms with van der Waals surface area (Å²) in [6.07, 6.45) is 1.39. The number of pyridine rings is 1. The van der Waals surface area contributed by atoms with Crippen LogP contribution in [0.4, 0.5) is 4.39 Å². The van der Waals surface area contributed by atoms with Crippen molar-refractivity contribution in [2.24, 2.45) is 0 Å². The first kappa shape index (κ1) is 7.21. The van der Waals surface area contributed by atoms with Gasteiger partial charge in [-0.05, 0) is 25.5 Å². The molecule has 0 fully saturated rings. The van der Waals surface area contributed by atoms with E-state index < -0.39 is 0 Å². The summed E-state index contributed by atoms with van der Waals surface area (Å²) in [7, 11) is 0. The lowest BCUT2D eigenvalue weighted by molar-refractivity contribution is 0.617. The fourth-order valence-corrected chi connectivity index (χ4v) is 1.22. The van der Waals surface area contributed by atoms with Gasteiger partial charge in [0.2, 0.25) is 0 Å². The van der Waals surface area contributed by atoms with Crippen LogP contribution in [0.3, 0.4) is 0 Å². The lowest BCUT2D eigenvalue weighted by Crippen LogP contribution is -1.92. The molecule has 3 nitrogen and oxygen atoms in total. The van der Waals surface area contributed by atoms with Crippen molar-refractivity contribution in [3.05, 3.63) is 29.5 Å². The quantitative estimate of drug-likeness (QED) is 0.592. The topological polar surface area (TPSA) is 30.2 Å². The molecule has 0 atom stereocenters. The second-order valence-corrected chi connectivity index (χ2v) is 2.78. The average molecular weight is 165 g/mol. The Labute approximate surface area is 68.9 Å². The third-order valence-electron chi connectivity index (χ3n) is 1.83. The summed E-state index contributed by atoms with van der Waals surface area (Å²) in [4.78, 5) is 0. The maximum atomic E-state index is 12.9. The molecule has 0 aliphatic carbocycles. The lowest BCUT2D eigenvalue weighted by atomic mass is 10.3. The van der Waals surface area contributed by atoms with Crippen molar-refractivity contribution in [3.8, 4) is 0 Å². The molecule has 0 aliphatic heterocycles. The summed E-state index contributed by atoms with van der Waals surface area (Å²) < 4.78 is 14.5. The molecule has 12 heavy (non-hydrogen) atoms. The number of nitrogens with zero attached hydrogens (tertiary/aromatic N) is 3. The Morgan fingerprint density at radius 3 is 2.83 bits per heavy atom. The minimum Gasteiger partial charge on any atom is -0.283 e. The molecular formula is C8H8FN3. The molecule has 0 unspecified atom stereocenters. The van der Waals surface area contributed by atoms with Gasteiger partial charge in [-0.15, -0.1) is 10.2 Å². The highest BCUT2D eigenvalue weighted by Crippen LogP contribution is 2.10. The highest BCUT2D eigenvalue weighted by atomic mass is 19.1. The van der Waals surface area contributed by atoms with Crippen molar-refractivity contribution >= 4 is 5.65 Å². The number of fused-ring (bicyclic) bond motifs is 1. The molecule has 0 spiro atoms. The van der Waals surface area contributed by atoms with Crippen molar-refractivity contribution in [3.63, 3.8) is 0 Å². The van der Waals surface area contributed by atoms with Gasteiger partial charge in [0, 0.05) is 6.20 Å². The van der Waals surface area contributed by atoms with Gasteiger partial charge in [-0.1, -0.05) is 0 Å². The van der Waals surface area contributed by atoms with Gasteiger partial charge in [-0.25, -0.2) is 4.39 Å². The van der Waals surface area contributed by atoms with Crippen LogP contribution in [0.5, 0.6) is 0 Å². The zero-order valence-electron chi connectivity index (χ0n) is 6.87. The van der Waals surface area contributed by atoms with Crippen LogP contribution in [0, 0.1) is 19.7 Å².